The molecule has 3 rings (SSSR count). The number of aromatic nitrogens is 1. The number of alkyl halides is 3. The Balaban J connectivity index is 1.71. The van der Waals surface area contributed by atoms with Crippen molar-refractivity contribution in [2.24, 2.45) is 0 Å². The average Bonchev–Trinajstić information content (AvgIpc) is 2.93. The molecule has 0 saturated heterocycles. The van der Waals surface area contributed by atoms with Gasteiger partial charge in [-0.3, -0.25) is 19.1 Å². The zero-order chi connectivity index (χ0) is 31.6. The molecule has 0 fully saturated rings. The molecule has 0 unspecified atom stereocenters. The zero-order valence-corrected chi connectivity index (χ0v) is 25.2. The van der Waals surface area contributed by atoms with Gasteiger partial charge in [0.25, 0.3) is 10.1 Å². The highest BCUT2D eigenvalue weighted by atomic mass is 32.2. The number of carbonyl (C=O) groups excluding carboxylic acids is 2. The van der Waals surface area contributed by atoms with E-state index in [-0.39, 0.29) is 42.9 Å². The standard InChI is InChI=1S/C29H33F3N4O5S2/c1-20-18-33-13-12-24(20)23-8-5-7-22(17-23)21(2)36(42-26-10-4-3-9-25(26)29(30,31)32)16-6-11-27(37)34-14-15-35-28(38)19-43(39,40)41/h3-5,7-10,12-13,17-18,21H,6,11,14-16,19H2,1-2H3,(H,34,37)(H,35,38)(H,39,40,41)/t21-/m0/s1. The molecule has 1 heterocycles. The smallest absolute Gasteiger partial charge is 0.354 e. The molecule has 0 aliphatic carbocycles. The van der Waals surface area contributed by atoms with Crippen LogP contribution in [-0.4, -0.2) is 59.5 Å². The van der Waals surface area contributed by atoms with E-state index < -0.39 is 33.5 Å². The summed E-state index contributed by atoms with van der Waals surface area (Å²) in [6.07, 6.45) is -0.670. The van der Waals surface area contributed by atoms with Gasteiger partial charge in [-0.25, -0.2) is 4.31 Å². The molecule has 2 amide bonds. The summed E-state index contributed by atoms with van der Waals surface area (Å²) in [5.41, 5.74) is 3.08. The lowest BCUT2D eigenvalue weighted by molar-refractivity contribution is -0.139. The maximum Gasteiger partial charge on any atom is 0.417 e. The molecule has 14 heteroatoms. The number of pyridine rings is 1. The first kappa shape index (κ1) is 34.0. The Labute approximate surface area is 253 Å². The van der Waals surface area contributed by atoms with Crippen molar-refractivity contribution in [2.45, 2.75) is 43.8 Å². The fourth-order valence-corrected chi connectivity index (χ4v) is 5.87. The van der Waals surface area contributed by atoms with E-state index in [1.807, 2.05) is 48.5 Å². The minimum Gasteiger partial charge on any atom is -0.354 e. The van der Waals surface area contributed by atoms with E-state index >= 15 is 0 Å². The van der Waals surface area contributed by atoms with Crippen LogP contribution >= 0.6 is 11.9 Å². The molecule has 1 atom stereocenters. The topological polar surface area (TPSA) is 129 Å². The van der Waals surface area contributed by atoms with Crippen molar-refractivity contribution in [3.8, 4) is 11.1 Å². The first-order chi connectivity index (χ1) is 20.2. The van der Waals surface area contributed by atoms with Gasteiger partial charge in [0.1, 0.15) is 0 Å². The first-order valence-electron chi connectivity index (χ1n) is 13.3. The van der Waals surface area contributed by atoms with Crippen molar-refractivity contribution < 1.29 is 35.7 Å². The maximum atomic E-state index is 13.8. The van der Waals surface area contributed by atoms with Gasteiger partial charge in [0.15, 0.2) is 5.75 Å². The van der Waals surface area contributed by atoms with E-state index in [4.69, 9.17) is 4.55 Å². The quantitative estimate of drug-likeness (QED) is 0.127. The molecule has 2 aromatic carbocycles. The van der Waals surface area contributed by atoms with E-state index in [2.05, 4.69) is 15.6 Å². The molecule has 0 aliphatic rings. The highest BCUT2D eigenvalue weighted by molar-refractivity contribution is 7.97. The zero-order valence-electron chi connectivity index (χ0n) is 23.6. The SMILES string of the molecule is Cc1cnccc1-c1cccc([C@H](C)N(CCCC(=O)NCCNC(=O)CS(=O)(=O)O)Sc2ccccc2C(F)(F)F)c1. The summed E-state index contributed by atoms with van der Waals surface area (Å²) >= 11 is 0.985. The van der Waals surface area contributed by atoms with Crippen LogP contribution in [0.3, 0.4) is 0 Å². The van der Waals surface area contributed by atoms with Gasteiger partial charge in [0.05, 0.1) is 5.56 Å². The van der Waals surface area contributed by atoms with Gasteiger partial charge in [0.2, 0.25) is 11.8 Å². The van der Waals surface area contributed by atoms with Gasteiger partial charge in [-0.15, -0.1) is 0 Å². The van der Waals surface area contributed by atoms with Crippen LogP contribution in [-0.2, 0) is 25.9 Å². The van der Waals surface area contributed by atoms with E-state index in [9.17, 15) is 31.2 Å². The molecule has 3 aromatic rings. The molecular formula is C29H33F3N4O5S2. The van der Waals surface area contributed by atoms with Gasteiger partial charge in [-0.1, -0.05) is 30.3 Å². The Bertz CT molecular complexity index is 1520. The van der Waals surface area contributed by atoms with Crippen LogP contribution in [0.25, 0.3) is 11.1 Å². The van der Waals surface area contributed by atoms with Crippen LogP contribution in [0, 0.1) is 6.92 Å². The predicted octanol–water partition coefficient (Wildman–Crippen LogP) is 5.05. The number of rotatable bonds is 14. The van der Waals surface area contributed by atoms with Crippen LogP contribution in [0.4, 0.5) is 13.2 Å². The summed E-state index contributed by atoms with van der Waals surface area (Å²) in [6, 6.07) is 14.7. The van der Waals surface area contributed by atoms with Crippen molar-refractivity contribution in [3.63, 3.8) is 0 Å². The van der Waals surface area contributed by atoms with Crippen LogP contribution in [0.15, 0.2) is 71.9 Å². The minimum atomic E-state index is -4.53. The summed E-state index contributed by atoms with van der Waals surface area (Å²) in [5, 5.41) is 4.87. The maximum absolute atomic E-state index is 13.8. The number of nitrogens with zero attached hydrogens (tertiary/aromatic N) is 2. The van der Waals surface area contributed by atoms with E-state index in [1.54, 1.807) is 18.5 Å². The molecule has 0 spiro atoms. The summed E-state index contributed by atoms with van der Waals surface area (Å²) in [6.45, 7) is 4.13. The first-order valence-corrected chi connectivity index (χ1v) is 15.7. The minimum absolute atomic E-state index is 0.0328. The Morgan fingerprint density at radius 1 is 1.05 bits per heavy atom. The fourth-order valence-electron chi connectivity index (χ4n) is 4.26. The average molecular weight is 639 g/mol. The Morgan fingerprint density at radius 2 is 1.74 bits per heavy atom. The molecule has 3 N–H and O–H groups in total. The Hall–Kier alpha value is -3.46. The van der Waals surface area contributed by atoms with Crippen molar-refractivity contribution in [3.05, 3.63) is 83.7 Å². The van der Waals surface area contributed by atoms with Gasteiger partial charge in [-0.2, -0.15) is 21.6 Å². The number of halogens is 3. The van der Waals surface area contributed by atoms with Crippen LogP contribution in [0.5, 0.6) is 0 Å². The lowest BCUT2D eigenvalue weighted by Gasteiger charge is -2.29. The lowest BCUT2D eigenvalue weighted by Crippen LogP contribution is -2.37. The van der Waals surface area contributed by atoms with Crippen LogP contribution < -0.4 is 10.6 Å². The number of aryl methyl sites for hydroxylation is 1. The second-order valence-corrected chi connectivity index (χ2v) is 12.3. The number of benzene rings is 2. The van der Waals surface area contributed by atoms with E-state index in [0.29, 0.717) is 6.42 Å². The lowest BCUT2D eigenvalue weighted by atomic mass is 9.98. The van der Waals surface area contributed by atoms with Gasteiger partial charge < -0.3 is 10.6 Å². The normalized spacial score (nSPS) is 12.6. The molecule has 232 valence electrons. The molecular weight excluding hydrogens is 605 g/mol. The third kappa shape index (κ3) is 11.0. The van der Waals surface area contributed by atoms with Crippen molar-refractivity contribution >= 4 is 33.9 Å². The number of carbonyl (C=O) groups is 2. The second kappa shape index (κ2) is 15.3. The molecule has 0 radical (unpaired) electrons. The van der Waals surface area contributed by atoms with Crippen molar-refractivity contribution in [2.75, 3.05) is 25.4 Å². The van der Waals surface area contributed by atoms with Crippen molar-refractivity contribution in [1.29, 1.82) is 0 Å². The van der Waals surface area contributed by atoms with Crippen molar-refractivity contribution in [1.82, 2.24) is 19.9 Å². The molecule has 0 aliphatic heterocycles. The van der Waals surface area contributed by atoms with E-state index in [0.717, 1.165) is 40.3 Å². The van der Waals surface area contributed by atoms with Crippen LogP contribution in [0.1, 0.15) is 42.5 Å². The molecule has 0 saturated carbocycles. The summed E-state index contributed by atoms with van der Waals surface area (Å²) in [7, 11) is -4.45. The third-order valence-electron chi connectivity index (χ3n) is 6.41. The number of hydrogen-bond acceptors (Lipinski definition) is 7. The molecule has 0 bridgehead atoms. The van der Waals surface area contributed by atoms with E-state index in [1.165, 1.54) is 12.1 Å². The Kier molecular flexibility index (Phi) is 12.1. The third-order valence-corrected chi connectivity index (χ3v) is 8.32. The summed E-state index contributed by atoms with van der Waals surface area (Å²) in [5.74, 6) is -2.32. The molecule has 9 nitrogen and oxygen atoms in total. The second-order valence-electron chi connectivity index (χ2n) is 9.75. The monoisotopic (exact) mass is 638 g/mol. The number of amides is 2. The summed E-state index contributed by atoms with van der Waals surface area (Å²) in [4.78, 5) is 28.0. The van der Waals surface area contributed by atoms with Gasteiger partial charge >= 0.3 is 6.18 Å². The van der Waals surface area contributed by atoms with Gasteiger partial charge in [0, 0.05) is 49.4 Å². The van der Waals surface area contributed by atoms with Crippen LogP contribution in [0.2, 0.25) is 0 Å². The predicted molar refractivity (Wildman–Crippen MR) is 159 cm³/mol. The number of nitrogens with one attached hydrogen (secondary N) is 2. The molecule has 43 heavy (non-hydrogen) atoms. The number of hydrogen-bond donors (Lipinski definition) is 3. The highest BCUT2D eigenvalue weighted by Crippen LogP contribution is 2.41. The van der Waals surface area contributed by atoms with Gasteiger partial charge in [-0.05, 0) is 78.7 Å². The Morgan fingerprint density at radius 3 is 2.42 bits per heavy atom. The summed E-state index contributed by atoms with van der Waals surface area (Å²) < 4.78 is 73.3. The largest absolute Gasteiger partial charge is 0.417 e. The fraction of sp³-hybridized carbons (Fsp3) is 0.345. The molecule has 1 aromatic heterocycles. The highest BCUT2D eigenvalue weighted by Gasteiger charge is 2.34.